The SMILES string of the molecule is C=CCCCCOC(=O)[C@@H]1[C@H]2C(=O)N([C@@H](CO)[C@@H](C)CC)C(C(=O)N(CC=C)CCN3CCOCC3)C23CC[C@@]1(CC)O3. The Bertz CT molecular complexity index is 1020. The molecule has 10 heteroatoms. The van der Waals surface area contributed by atoms with Crippen LogP contribution in [0.4, 0.5) is 0 Å². The Balaban J connectivity index is 1.69. The van der Waals surface area contributed by atoms with Crippen LogP contribution in [0, 0.1) is 17.8 Å². The van der Waals surface area contributed by atoms with Crippen LogP contribution in [0.25, 0.3) is 0 Å². The van der Waals surface area contributed by atoms with Gasteiger partial charge < -0.3 is 29.1 Å². The molecule has 0 saturated carbocycles. The maximum Gasteiger partial charge on any atom is 0.312 e. The van der Waals surface area contributed by atoms with Crippen molar-refractivity contribution in [3.8, 4) is 0 Å². The molecule has 4 aliphatic heterocycles. The van der Waals surface area contributed by atoms with Gasteiger partial charge in [0.2, 0.25) is 11.8 Å². The number of fused-ring (bicyclic) bond motifs is 1. The Kier molecular flexibility index (Phi) is 11.5. The molecule has 43 heavy (non-hydrogen) atoms. The first-order valence-electron chi connectivity index (χ1n) is 16.4. The summed E-state index contributed by atoms with van der Waals surface area (Å²) in [4.78, 5) is 48.7. The van der Waals surface area contributed by atoms with E-state index in [4.69, 9.17) is 14.2 Å². The van der Waals surface area contributed by atoms with Gasteiger partial charge in [0.1, 0.15) is 17.6 Å². The number of esters is 1. The summed E-state index contributed by atoms with van der Waals surface area (Å²) in [6.45, 7) is 18.0. The molecule has 0 aromatic carbocycles. The van der Waals surface area contributed by atoms with Gasteiger partial charge in [-0.05, 0) is 44.4 Å². The standard InChI is InChI=1S/C33H53N3O7/c1-6-10-11-12-20-42-31(40)27-26-29(38)36(25(23-37)24(5)8-3)28(33(26)14-13-32(27,9-4)43-33)30(39)35(15-7-2)17-16-34-18-21-41-22-19-34/h6-7,24-28,37H,1-2,8-23H2,3-5H3/t24-,25-,26-,27-,28?,32+,33?/m0/s1. The van der Waals surface area contributed by atoms with Crippen molar-refractivity contribution < 1.29 is 33.7 Å². The van der Waals surface area contributed by atoms with Gasteiger partial charge in [0.25, 0.3) is 0 Å². The molecule has 1 N–H and O–H groups in total. The predicted molar refractivity (Wildman–Crippen MR) is 163 cm³/mol. The molecule has 10 nitrogen and oxygen atoms in total. The van der Waals surface area contributed by atoms with Crippen LogP contribution in [0.15, 0.2) is 25.3 Å². The van der Waals surface area contributed by atoms with E-state index in [9.17, 15) is 19.5 Å². The molecule has 0 radical (unpaired) electrons. The number of hydrogen-bond acceptors (Lipinski definition) is 8. The van der Waals surface area contributed by atoms with Crippen molar-refractivity contribution in [2.75, 3.05) is 59.2 Å². The lowest BCUT2D eigenvalue weighted by Crippen LogP contribution is -2.60. The second-order valence-electron chi connectivity index (χ2n) is 12.7. The Hall–Kier alpha value is -2.27. The van der Waals surface area contributed by atoms with Gasteiger partial charge in [0.05, 0.1) is 44.0 Å². The zero-order chi connectivity index (χ0) is 31.2. The summed E-state index contributed by atoms with van der Waals surface area (Å²) in [5.41, 5.74) is -2.01. The number of unbranched alkanes of at least 4 members (excludes halogenated alkanes) is 2. The third-order valence-electron chi connectivity index (χ3n) is 10.4. The summed E-state index contributed by atoms with van der Waals surface area (Å²) in [7, 11) is 0. The summed E-state index contributed by atoms with van der Waals surface area (Å²) >= 11 is 0. The first-order chi connectivity index (χ1) is 20.7. The predicted octanol–water partition coefficient (Wildman–Crippen LogP) is 2.79. The molecule has 4 rings (SSSR count). The van der Waals surface area contributed by atoms with Crippen molar-refractivity contribution in [1.82, 2.24) is 14.7 Å². The molecule has 0 aliphatic carbocycles. The van der Waals surface area contributed by atoms with Gasteiger partial charge in [-0.15, -0.1) is 13.2 Å². The zero-order valence-corrected chi connectivity index (χ0v) is 26.5. The quantitative estimate of drug-likeness (QED) is 0.154. The lowest BCUT2D eigenvalue weighted by molar-refractivity contribution is -0.164. The number of aliphatic hydroxyl groups is 1. The maximum absolute atomic E-state index is 14.7. The molecule has 0 aromatic rings. The van der Waals surface area contributed by atoms with E-state index < -0.39 is 41.1 Å². The molecule has 1 spiro atoms. The number of nitrogens with zero attached hydrogens (tertiary/aromatic N) is 3. The molecule has 2 bridgehead atoms. The lowest BCUT2D eigenvalue weighted by atomic mass is 9.65. The minimum absolute atomic E-state index is 0.0618. The molecule has 242 valence electrons. The van der Waals surface area contributed by atoms with Crippen LogP contribution in [0.2, 0.25) is 0 Å². The summed E-state index contributed by atoms with van der Waals surface area (Å²) in [5, 5.41) is 10.6. The van der Waals surface area contributed by atoms with Crippen molar-refractivity contribution in [1.29, 1.82) is 0 Å². The van der Waals surface area contributed by atoms with E-state index in [1.165, 1.54) is 0 Å². The number of rotatable bonds is 17. The van der Waals surface area contributed by atoms with Crippen molar-refractivity contribution in [2.24, 2.45) is 17.8 Å². The van der Waals surface area contributed by atoms with E-state index in [1.54, 1.807) is 15.9 Å². The lowest BCUT2D eigenvalue weighted by Gasteiger charge is -2.41. The fourth-order valence-corrected chi connectivity index (χ4v) is 7.83. The van der Waals surface area contributed by atoms with Gasteiger partial charge in [0, 0.05) is 32.7 Å². The Labute approximate surface area is 257 Å². The Morgan fingerprint density at radius 3 is 2.56 bits per heavy atom. The Morgan fingerprint density at radius 2 is 1.93 bits per heavy atom. The molecule has 7 atom stereocenters. The molecule has 0 aromatic heterocycles. The largest absolute Gasteiger partial charge is 0.465 e. The van der Waals surface area contributed by atoms with Gasteiger partial charge in [-0.2, -0.15) is 0 Å². The van der Waals surface area contributed by atoms with Crippen molar-refractivity contribution >= 4 is 17.8 Å². The second kappa shape index (κ2) is 14.7. The van der Waals surface area contributed by atoms with E-state index >= 15 is 0 Å². The summed E-state index contributed by atoms with van der Waals surface area (Å²) in [5.74, 6) is -2.61. The number of carbonyl (C=O) groups is 3. The highest BCUT2D eigenvalue weighted by Crippen LogP contribution is 2.65. The molecular formula is C33H53N3O7. The number of carbonyl (C=O) groups excluding carboxylic acids is 3. The number of aliphatic hydroxyl groups excluding tert-OH is 1. The first-order valence-corrected chi connectivity index (χ1v) is 16.4. The van der Waals surface area contributed by atoms with Crippen LogP contribution in [-0.2, 0) is 28.6 Å². The van der Waals surface area contributed by atoms with E-state index in [1.807, 2.05) is 26.8 Å². The molecule has 2 amide bonds. The van der Waals surface area contributed by atoms with E-state index in [0.29, 0.717) is 58.5 Å². The fourth-order valence-electron chi connectivity index (χ4n) is 7.83. The van der Waals surface area contributed by atoms with Crippen LogP contribution in [-0.4, -0.2) is 120 Å². The highest BCUT2D eigenvalue weighted by Gasteiger charge is 2.79. The molecule has 2 unspecified atom stereocenters. The van der Waals surface area contributed by atoms with Crippen LogP contribution in [0.5, 0.6) is 0 Å². The number of allylic oxidation sites excluding steroid dienone is 1. The van der Waals surface area contributed by atoms with Crippen LogP contribution >= 0.6 is 0 Å². The van der Waals surface area contributed by atoms with Gasteiger partial charge in [-0.1, -0.05) is 39.3 Å². The second-order valence-corrected chi connectivity index (χ2v) is 12.7. The van der Waals surface area contributed by atoms with Gasteiger partial charge in [-0.3, -0.25) is 19.3 Å². The molecule has 4 fully saturated rings. The molecular weight excluding hydrogens is 550 g/mol. The summed E-state index contributed by atoms with van der Waals surface area (Å²) in [6, 6.07) is -1.52. The highest BCUT2D eigenvalue weighted by molar-refractivity contribution is 5.98. The number of morpholine rings is 1. The summed E-state index contributed by atoms with van der Waals surface area (Å²) in [6.07, 6.45) is 8.30. The average molecular weight is 604 g/mol. The van der Waals surface area contributed by atoms with Crippen LogP contribution < -0.4 is 0 Å². The Morgan fingerprint density at radius 1 is 1.19 bits per heavy atom. The maximum atomic E-state index is 14.7. The first kappa shape index (κ1) is 33.6. The smallest absolute Gasteiger partial charge is 0.312 e. The van der Waals surface area contributed by atoms with E-state index in [0.717, 1.165) is 32.4 Å². The number of likely N-dealkylation sites (tertiary alicyclic amines) is 1. The minimum atomic E-state index is -1.16. The van der Waals surface area contributed by atoms with E-state index in [2.05, 4.69) is 18.1 Å². The van der Waals surface area contributed by atoms with Crippen molar-refractivity contribution in [2.45, 2.75) is 89.0 Å². The normalized spacial score (nSPS) is 31.5. The molecule has 4 saturated heterocycles. The van der Waals surface area contributed by atoms with Crippen LogP contribution in [0.1, 0.15) is 65.7 Å². The van der Waals surface area contributed by atoms with Crippen molar-refractivity contribution in [3.63, 3.8) is 0 Å². The van der Waals surface area contributed by atoms with Gasteiger partial charge >= 0.3 is 5.97 Å². The third kappa shape index (κ3) is 6.30. The molecule has 4 heterocycles. The monoisotopic (exact) mass is 603 g/mol. The van der Waals surface area contributed by atoms with Gasteiger partial charge in [-0.25, -0.2) is 0 Å². The van der Waals surface area contributed by atoms with Crippen molar-refractivity contribution in [3.05, 3.63) is 25.3 Å². The zero-order valence-electron chi connectivity index (χ0n) is 26.5. The topological polar surface area (TPSA) is 109 Å². The third-order valence-corrected chi connectivity index (χ3v) is 10.4. The van der Waals surface area contributed by atoms with E-state index in [-0.39, 0.29) is 30.9 Å². The molecule has 4 aliphatic rings. The average Bonchev–Trinajstić information content (AvgIpc) is 3.63. The van der Waals surface area contributed by atoms with Crippen LogP contribution in [0.3, 0.4) is 0 Å². The highest BCUT2D eigenvalue weighted by atomic mass is 16.6. The number of amides is 2. The number of hydrogen-bond donors (Lipinski definition) is 1. The minimum Gasteiger partial charge on any atom is -0.465 e. The fraction of sp³-hybridized carbons (Fsp3) is 0.788. The number of ether oxygens (including phenoxy) is 3. The summed E-state index contributed by atoms with van der Waals surface area (Å²) < 4.78 is 18.2. The van der Waals surface area contributed by atoms with Gasteiger partial charge in [0.15, 0.2) is 0 Å².